The number of alkyl halides is 1. The van der Waals surface area contributed by atoms with Gasteiger partial charge in [0.2, 0.25) is 0 Å². The molecule has 5 heteroatoms. The zero-order valence-corrected chi connectivity index (χ0v) is 12.9. The maximum absolute atomic E-state index is 10.9. The fraction of sp³-hybridized carbons (Fsp3) is 0.200. The number of benzene rings is 2. The lowest BCUT2D eigenvalue weighted by molar-refractivity contribution is -0.385. The van der Waals surface area contributed by atoms with Crippen LogP contribution in [0, 0.1) is 17.0 Å². The minimum absolute atomic E-state index is 0.142. The third-order valence-corrected chi connectivity index (χ3v) is 3.78. The average Bonchev–Trinajstić information content (AvgIpc) is 2.45. The third kappa shape index (κ3) is 2.99. The molecule has 4 nitrogen and oxygen atoms in total. The Morgan fingerprint density at radius 2 is 1.90 bits per heavy atom. The summed E-state index contributed by atoms with van der Waals surface area (Å²) in [5, 5.41) is 11.4. The summed E-state index contributed by atoms with van der Waals surface area (Å²) in [5.41, 5.74) is 3.97. The number of hydrogen-bond donors (Lipinski definition) is 0. The first kappa shape index (κ1) is 14.5. The predicted molar refractivity (Wildman–Crippen MR) is 85.0 cm³/mol. The molecule has 0 aromatic heterocycles. The molecule has 0 spiro atoms. The first-order valence-electron chi connectivity index (χ1n) is 6.16. The Hall–Kier alpha value is -1.88. The Balaban J connectivity index is 2.40. The Morgan fingerprint density at radius 1 is 1.20 bits per heavy atom. The maximum Gasteiger partial charge on any atom is 0.273 e. The van der Waals surface area contributed by atoms with E-state index in [1.54, 1.807) is 12.1 Å². The van der Waals surface area contributed by atoms with Crippen LogP contribution in [-0.4, -0.2) is 12.0 Å². The van der Waals surface area contributed by atoms with Gasteiger partial charge in [-0.25, -0.2) is 0 Å². The topological polar surface area (TPSA) is 46.4 Å². The molecule has 0 aliphatic heterocycles. The zero-order chi connectivity index (χ0) is 14.7. The van der Waals surface area contributed by atoms with E-state index in [-0.39, 0.29) is 10.6 Å². The molecule has 0 saturated heterocycles. The number of rotatable bonds is 4. The molecule has 0 aliphatic carbocycles. The van der Waals surface area contributed by atoms with E-state index >= 15 is 0 Å². The smallest absolute Gasteiger partial charge is 0.273 e. The lowest BCUT2D eigenvalue weighted by Crippen LogP contribution is -2.10. The monoisotopic (exact) mass is 334 g/mol. The van der Waals surface area contributed by atoms with E-state index in [0.29, 0.717) is 10.9 Å². The highest BCUT2D eigenvalue weighted by Gasteiger charge is 2.15. The normalized spacial score (nSPS) is 10.3. The molecule has 20 heavy (non-hydrogen) atoms. The van der Waals surface area contributed by atoms with Crippen LogP contribution in [0.25, 0.3) is 0 Å². The largest absolute Gasteiger partial charge is 0.345 e. The minimum atomic E-state index is -0.354. The van der Waals surface area contributed by atoms with Crippen LogP contribution in [0.5, 0.6) is 0 Å². The summed E-state index contributed by atoms with van der Waals surface area (Å²) in [7, 11) is 1.95. The van der Waals surface area contributed by atoms with Gasteiger partial charge >= 0.3 is 0 Å². The number of nitro benzene ring substituents is 1. The molecule has 0 radical (unpaired) electrons. The first-order valence-corrected chi connectivity index (χ1v) is 7.28. The van der Waals surface area contributed by atoms with Gasteiger partial charge in [0.25, 0.3) is 5.69 Å². The Kier molecular flexibility index (Phi) is 4.39. The second-order valence-corrected chi connectivity index (χ2v) is 5.16. The van der Waals surface area contributed by atoms with Crippen molar-refractivity contribution < 1.29 is 4.92 Å². The molecule has 0 saturated carbocycles. The van der Waals surface area contributed by atoms with Gasteiger partial charge in [-0.05, 0) is 36.8 Å². The third-order valence-electron chi connectivity index (χ3n) is 3.18. The molecule has 2 aromatic carbocycles. The van der Waals surface area contributed by atoms with Gasteiger partial charge in [0, 0.05) is 35.4 Å². The van der Waals surface area contributed by atoms with E-state index in [1.807, 2.05) is 43.1 Å². The highest BCUT2D eigenvalue weighted by Crippen LogP contribution is 2.30. The second kappa shape index (κ2) is 6.05. The Bertz CT molecular complexity index is 644. The van der Waals surface area contributed by atoms with Crippen LogP contribution >= 0.6 is 15.9 Å². The molecule has 0 N–H and O–H groups in total. The van der Waals surface area contributed by atoms with E-state index in [4.69, 9.17) is 0 Å². The molecular formula is C15H15BrN2O2. The SMILES string of the molecule is Cc1cccc(N(C)c2ccc([N+](=O)[O-])c(CBr)c2)c1. The van der Waals surface area contributed by atoms with Gasteiger partial charge in [0.1, 0.15) is 0 Å². The molecule has 0 bridgehead atoms. The number of nitrogens with zero attached hydrogens (tertiary/aromatic N) is 2. The van der Waals surface area contributed by atoms with E-state index in [2.05, 4.69) is 22.0 Å². The molecule has 0 fully saturated rings. The van der Waals surface area contributed by atoms with E-state index in [1.165, 1.54) is 5.56 Å². The summed E-state index contributed by atoms with van der Waals surface area (Å²) in [5.74, 6) is 0. The number of aryl methyl sites for hydroxylation is 1. The standard InChI is InChI=1S/C15H15BrN2O2/c1-11-4-3-5-13(8-11)17(2)14-6-7-15(18(19)20)12(9-14)10-16/h3-9H,10H2,1-2H3. The molecular weight excluding hydrogens is 320 g/mol. The highest BCUT2D eigenvalue weighted by atomic mass is 79.9. The number of nitro groups is 1. The summed E-state index contributed by atoms with van der Waals surface area (Å²) >= 11 is 3.30. The molecule has 104 valence electrons. The lowest BCUT2D eigenvalue weighted by atomic mass is 10.1. The van der Waals surface area contributed by atoms with E-state index < -0.39 is 0 Å². The number of hydrogen-bond acceptors (Lipinski definition) is 3. The number of halogens is 1. The molecule has 2 rings (SSSR count). The fourth-order valence-electron chi connectivity index (χ4n) is 2.05. The predicted octanol–water partition coefficient (Wildman–Crippen LogP) is 4.57. The van der Waals surface area contributed by atoms with Crippen LogP contribution in [0.4, 0.5) is 17.1 Å². The van der Waals surface area contributed by atoms with Crippen LogP contribution in [0.3, 0.4) is 0 Å². The van der Waals surface area contributed by atoms with Crippen molar-refractivity contribution in [3.63, 3.8) is 0 Å². The summed E-state index contributed by atoms with van der Waals surface area (Å²) in [6, 6.07) is 13.3. The first-order chi connectivity index (χ1) is 9.52. The highest BCUT2D eigenvalue weighted by molar-refractivity contribution is 9.08. The van der Waals surface area contributed by atoms with Crippen LogP contribution in [0.1, 0.15) is 11.1 Å². The van der Waals surface area contributed by atoms with Crippen LogP contribution in [0.2, 0.25) is 0 Å². The molecule has 0 unspecified atom stereocenters. The van der Waals surface area contributed by atoms with Gasteiger partial charge in [0.15, 0.2) is 0 Å². The fourth-order valence-corrected chi connectivity index (χ4v) is 2.50. The minimum Gasteiger partial charge on any atom is -0.345 e. The van der Waals surface area contributed by atoms with Crippen molar-refractivity contribution in [1.29, 1.82) is 0 Å². The summed E-state index contributed by atoms with van der Waals surface area (Å²) in [6.45, 7) is 2.04. The lowest BCUT2D eigenvalue weighted by Gasteiger charge is -2.20. The quantitative estimate of drug-likeness (QED) is 0.467. The molecule has 0 heterocycles. The van der Waals surface area contributed by atoms with Gasteiger partial charge in [-0.1, -0.05) is 28.1 Å². The van der Waals surface area contributed by atoms with E-state index in [9.17, 15) is 10.1 Å². The van der Waals surface area contributed by atoms with Crippen molar-refractivity contribution >= 4 is 33.0 Å². The van der Waals surface area contributed by atoms with Crippen molar-refractivity contribution in [1.82, 2.24) is 0 Å². The maximum atomic E-state index is 10.9. The Morgan fingerprint density at radius 3 is 2.50 bits per heavy atom. The van der Waals surface area contributed by atoms with Crippen LogP contribution in [-0.2, 0) is 5.33 Å². The van der Waals surface area contributed by atoms with Crippen molar-refractivity contribution in [2.45, 2.75) is 12.3 Å². The molecule has 2 aromatic rings. The summed E-state index contributed by atoms with van der Waals surface area (Å²) < 4.78 is 0. The van der Waals surface area contributed by atoms with E-state index in [0.717, 1.165) is 11.4 Å². The van der Waals surface area contributed by atoms with Crippen molar-refractivity contribution in [2.24, 2.45) is 0 Å². The Labute approximate surface area is 126 Å². The van der Waals surface area contributed by atoms with Crippen LogP contribution in [0.15, 0.2) is 42.5 Å². The average molecular weight is 335 g/mol. The van der Waals surface area contributed by atoms with Crippen molar-refractivity contribution in [3.8, 4) is 0 Å². The van der Waals surface area contributed by atoms with Gasteiger partial charge in [-0.15, -0.1) is 0 Å². The summed E-state index contributed by atoms with van der Waals surface area (Å²) in [6.07, 6.45) is 0. The van der Waals surface area contributed by atoms with Crippen molar-refractivity contribution in [3.05, 3.63) is 63.7 Å². The van der Waals surface area contributed by atoms with Crippen molar-refractivity contribution in [2.75, 3.05) is 11.9 Å². The molecule has 0 aliphatic rings. The van der Waals surface area contributed by atoms with Gasteiger partial charge in [-0.3, -0.25) is 10.1 Å². The van der Waals surface area contributed by atoms with Gasteiger partial charge in [-0.2, -0.15) is 0 Å². The van der Waals surface area contributed by atoms with Crippen LogP contribution < -0.4 is 4.90 Å². The second-order valence-electron chi connectivity index (χ2n) is 4.60. The van der Waals surface area contributed by atoms with Gasteiger partial charge < -0.3 is 4.90 Å². The van der Waals surface area contributed by atoms with Gasteiger partial charge in [0.05, 0.1) is 4.92 Å². The zero-order valence-electron chi connectivity index (χ0n) is 11.3. The summed E-state index contributed by atoms with van der Waals surface area (Å²) in [4.78, 5) is 12.6. The molecule has 0 atom stereocenters. The number of anilines is 2. The molecule has 0 amide bonds.